The Bertz CT molecular complexity index is 973. The highest BCUT2D eigenvalue weighted by molar-refractivity contribution is 5.92. The highest BCUT2D eigenvalue weighted by Crippen LogP contribution is 2.19. The molecule has 7 nitrogen and oxygen atoms in total. The number of hydrogen-bond donors (Lipinski definition) is 0. The molecular formula is C22H22N4O3. The normalized spacial score (nSPS) is 13.0. The molecule has 3 aromatic rings. The monoisotopic (exact) mass is 390 g/mol. The van der Waals surface area contributed by atoms with E-state index in [9.17, 15) is 9.59 Å². The molecule has 0 spiro atoms. The SMILES string of the molecule is O=C(CCN(Cc1ccco1)C(=O)c1cnccn1)N1CCc2ccccc2C1. The Balaban J connectivity index is 1.42. The molecule has 0 radical (unpaired) electrons. The van der Waals surface area contributed by atoms with Crippen LogP contribution in [0, 0.1) is 0 Å². The molecule has 2 amide bonds. The van der Waals surface area contributed by atoms with Crippen molar-refractivity contribution in [1.82, 2.24) is 19.8 Å². The Morgan fingerprint density at radius 2 is 1.97 bits per heavy atom. The van der Waals surface area contributed by atoms with E-state index in [-0.39, 0.29) is 37.0 Å². The molecule has 0 N–H and O–H groups in total. The molecule has 4 rings (SSSR count). The van der Waals surface area contributed by atoms with E-state index in [1.807, 2.05) is 17.0 Å². The number of benzene rings is 1. The molecule has 148 valence electrons. The van der Waals surface area contributed by atoms with Gasteiger partial charge >= 0.3 is 0 Å². The third kappa shape index (κ3) is 4.51. The first-order valence-electron chi connectivity index (χ1n) is 9.63. The number of fused-ring (bicyclic) bond motifs is 1. The number of carbonyl (C=O) groups is 2. The van der Waals surface area contributed by atoms with E-state index in [4.69, 9.17) is 4.42 Å². The summed E-state index contributed by atoms with van der Waals surface area (Å²) in [6.07, 6.45) is 7.10. The Morgan fingerprint density at radius 3 is 2.72 bits per heavy atom. The second kappa shape index (κ2) is 8.68. The van der Waals surface area contributed by atoms with E-state index < -0.39 is 0 Å². The fourth-order valence-electron chi connectivity index (χ4n) is 3.51. The number of amides is 2. The topological polar surface area (TPSA) is 79.5 Å². The minimum Gasteiger partial charge on any atom is -0.467 e. The molecule has 1 aliphatic rings. The zero-order chi connectivity index (χ0) is 20.1. The first kappa shape index (κ1) is 18.9. The highest BCUT2D eigenvalue weighted by Gasteiger charge is 2.23. The summed E-state index contributed by atoms with van der Waals surface area (Å²) >= 11 is 0. The van der Waals surface area contributed by atoms with Gasteiger partial charge in [-0.15, -0.1) is 0 Å². The average Bonchev–Trinajstić information content (AvgIpc) is 3.29. The minimum atomic E-state index is -0.272. The van der Waals surface area contributed by atoms with Crippen molar-refractivity contribution in [1.29, 1.82) is 0 Å². The van der Waals surface area contributed by atoms with E-state index in [0.29, 0.717) is 18.8 Å². The van der Waals surface area contributed by atoms with E-state index in [0.717, 1.165) is 6.42 Å². The first-order chi connectivity index (χ1) is 14.2. The highest BCUT2D eigenvalue weighted by atomic mass is 16.3. The molecule has 3 heterocycles. The molecule has 2 aromatic heterocycles. The summed E-state index contributed by atoms with van der Waals surface area (Å²) in [7, 11) is 0. The van der Waals surface area contributed by atoms with Crippen LogP contribution in [0.2, 0.25) is 0 Å². The average molecular weight is 390 g/mol. The van der Waals surface area contributed by atoms with Crippen LogP contribution in [0.25, 0.3) is 0 Å². The van der Waals surface area contributed by atoms with Crippen LogP contribution in [0.3, 0.4) is 0 Å². The second-order valence-corrected chi connectivity index (χ2v) is 6.98. The van der Waals surface area contributed by atoms with Gasteiger partial charge in [-0.05, 0) is 29.7 Å². The largest absolute Gasteiger partial charge is 0.467 e. The van der Waals surface area contributed by atoms with Crippen LogP contribution in [-0.2, 0) is 24.3 Å². The van der Waals surface area contributed by atoms with Crippen molar-refractivity contribution >= 4 is 11.8 Å². The van der Waals surface area contributed by atoms with Crippen LogP contribution in [0.15, 0.2) is 65.7 Å². The van der Waals surface area contributed by atoms with Crippen LogP contribution >= 0.6 is 0 Å². The molecule has 0 fully saturated rings. The fraction of sp³-hybridized carbons (Fsp3) is 0.273. The molecule has 1 aliphatic heterocycles. The zero-order valence-corrected chi connectivity index (χ0v) is 16.0. The molecule has 0 atom stereocenters. The Labute approximate surface area is 169 Å². The van der Waals surface area contributed by atoms with Gasteiger partial charge in [0.15, 0.2) is 0 Å². The lowest BCUT2D eigenvalue weighted by atomic mass is 10.00. The Hall–Kier alpha value is -3.48. The van der Waals surface area contributed by atoms with Gasteiger partial charge in [-0.2, -0.15) is 0 Å². The van der Waals surface area contributed by atoms with Gasteiger partial charge in [-0.1, -0.05) is 24.3 Å². The van der Waals surface area contributed by atoms with Gasteiger partial charge in [0, 0.05) is 38.4 Å². The molecule has 29 heavy (non-hydrogen) atoms. The van der Waals surface area contributed by atoms with Crippen molar-refractivity contribution in [2.24, 2.45) is 0 Å². The minimum absolute atomic E-state index is 0.0379. The van der Waals surface area contributed by atoms with Crippen molar-refractivity contribution in [3.8, 4) is 0 Å². The first-order valence-corrected chi connectivity index (χ1v) is 9.63. The fourth-order valence-corrected chi connectivity index (χ4v) is 3.51. The van der Waals surface area contributed by atoms with Crippen LogP contribution in [0.1, 0.15) is 33.8 Å². The number of furan rings is 1. The summed E-state index contributed by atoms with van der Waals surface area (Å²) in [5.41, 5.74) is 2.74. The Kier molecular flexibility index (Phi) is 5.65. The number of aromatic nitrogens is 2. The van der Waals surface area contributed by atoms with Crippen molar-refractivity contribution in [3.05, 3.63) is 83.8 Å². The molecule has 0 bridgehead atoms. The molecule has 0 saturated carbocycles. The van der Waals surface area contributed by atoms with Gasteiger partial charge in [-0.25, -0.2) is 4.98 Å². The van der Waals surface area contributed by atoms with Crippen LogP contribution < -0.4 is 0 Å². The van der Waals surface area contributed by atoms with E-state index in [1.165, 1.54) is 29.7 Å². The van der Waals surface area contributed by atoms with Crippen molar-refractivity contribution < 1.29 is 14.0 Å². The summed E-state index contributed by atoms with van der Waals surface area (Å²) in [6.45, 7) is 1.88. The lowest BCUT2D eigenvalue weighted by Gasteiger charge is -2.30. The summed E-state index contributed by atoms with van der Waals surface area (Å²) in [5, 5.41) is 0. The van der Waals surface area contributed by atoms with Gasteiger partial charge in [0.25, 0.3) is 5.91 Å². The van der Waals surface area contributed by atoms with Crippen molar-refractivity contribution in [2.45, 2.75) is 25.9 Å². The van der Waals surface area contributed by atoms with Crippen LogP contribution in [-0.4, -0.2) is 44.7 Å². The smallest absolute Gasteiger partial charge is 0.274 e. The van der Waals surface area contributed by atoms with Crippen molar-refractivity contribution in [3.63, 3.8) is 0 Å². The molecular weight excluding hydrogens is 368 g/mol. The molecule has 0 aliphatic carbocycles. The van der Waals surface area contributed by atoms with Gasteiger partial charge in [-0.3, -0.25) is 14.6 Å². The van der Waals surface area contributed by atoms with Crippen LogP contribution in [0.5, 0.6) is 0 Å². The Morgan fingerprint density at radius 1 is 1.10 bits per heavy atom. The maximum atomic E-state index is 12.9. The van der Waals surface area contributed by atoms with Gasteiger partial charge < -0.3 is 14.2 Å². The third-order valence-corrected chi connectivity index (χ3v) is 5.08. The standard InChI is InChI=1S/C22H22N4O3/c27-21(25-11-7-17-4-1-2-5-18(17)15-25)8-12-26(16-19-6-3-13-29-19)22(28)20-14-23-9-10-24-20/h1-6,9-10,13-14H,7-8,11-12,15-16H2. The number of rotatable bonds is 6. The van der Waals surface area contributed by atoms with Gasteiger partial charge in [0.2, 0.25) is 5.91 Å². The quantitative estimate of drug-likeness (QED) is 0.647. The van der Waals surface area contributed by atoms with Gasteiger partial charge in [0.05, 0.1) is 19.0 Å². The van der Waals surface area contributed by atoms with Crippen LogP contribution in [0.4, 0.5) is 0 Å². The maximum Gasteiger partial charge on any atom is 0.274 e. The second-order valence-electron chi connectivity index (χ2n) is 6.98. The number of carbonyl (C=O) groups excluding carboxylic acids is 2. The van der Waals surface area contributed by atoms with E-state index in [1.54, 1.807) is 23.3 Å². The van der Waals surface area contributed by atoms with Gasteiger partial charge in [0.1, 0.15) is 11.5 Å². The molecule has 1 aromatic carbocycles. The lowest BCUT2D eigenvalue weighted by Crippen LogP contribution is -2.39. The predicted molar refractivity (Wildman–Crippen MR) is 106 cm³/mol. The zero-order valence-electron chi connectivity index (χ0n) is 16.0. The summed E-state index contributed by atoms with van der Waals surface area (Å²) in [5.74, 6) is 0.420. The molecule has 7 heteroatoms. The van der Waals surface area contributed by atoms with E-state index >= 15 is 0 Å². The molecule has 0 saturated heterocycles. The summed E-state index contributed by atoms with van der Waals surface area (Å²) < 4.78 is 5.39. The maximum absolute atomic E-state index is 12.9. The van der Waals surface area contributed by atoms with Crippen molar-refractivity contribution in [2.75, 3.05) is 13.1 Å². The molecule has 0 unspecified atom stereocenters. The third-order valence-electron chi connectivity index (χ3n) is 5.08. The predicted octanol–water partition coefficient (Wildman–Crippen LogP) is 2.69. The lowest BCUT2D eigenvalue weighted by molar-refractivity contribution is -0.132. The summed E-state index contributed by atoms with van der Waals surface area (Å²) in [6, 6.07) is 11.8. The van der Waals surface area contributed by atoms with E-state index in [2.05, 4.69) is 22.1 Å². The summed E-state index contributed by atoms with van der Waals surface area (Å²) in [4.78, 5) is 37.2. The number of hydrogen-bond acceptors (Lipinski definition) is 5. The number of nitrogens with zero attached hydrogens (tertiary/aromatic N) is 4.